The smallest absolute Gasteiger partial charge is 0.319 e. The molecule has 3 N–H and O–H groups in total. The molecule has 0 aliphatic carbocycles. The van der Waals surface area contributed by atoms with E-state index < -0.39 is 0 Å². The van der Waals surface area contributed by atoms with E-state index in [1.807, 2.05) is 18.7 Å². The van der Waals surface area contributed by atoms with Crippen LogP contribution in [0.2, 0.25) is 0 Å². The predicted octanol–water partition coefficient (Wildman–Crippen LogP) is 2.27. The molecular weight excluding hydrogens is 280 g/mol. The van der Waals surface area contributed by atoms with E-state index in [-0.39, 0.29) is 11.9 Å². The molecule has 6 heteroatoms. The van der Waals surface area contributed by atoms with E-state index in [0.29, 0.717) is 24.5 Å². The van der Waals surface area contributed by atoms with Crippen LogP contribution in [0, 0.1) is 0 Å². The summed E-state index contributed by atoms with van der Waals surface area (Å²) >= 11 is 0. The van der Waals surface area contributed by atoms with Crippen molar-refractivity contribution in [3.05, 3.63) is 36.9 Å². The number of hydrogen-bond donors (Lipinski definition) is 3. The van der Waals surface area contributed by atoms with E-state index in [4.69, 9.17) is 0 Å². The fourth-order valence-corrected chi connectivity index (χ4v) is 1.83. The standard InChI is InChI=1S/C16H24N4O2/c1-4-11-17-16(22)19-14-9-7-13(8-10-14)18-15(21)12-20(5-2)6-3/h4,7-10H,1,5-6,11-12H2,2-3H3,(H,18,21)(H2,17,19,22). The summed E-state index contributed by atoms with van der Waals surface area (Å²) in [4.78, 5) is 25.4. The first-order valence-corrected chi connectivity index (χ1v) is 7.37. The van der Waals surface area contributed by atoms with E-state index in [9.17, 15) is 9.59 Å². The summed E-state index contributed by atoms with van der Waals surface area (Å²) in [6.45, 7) is 10.0. The minimum Gasteiger partial charge on any atom is -0.334 e. The van der Waals surface area contributed by atoms with Gasteiger partial charge in [0.05, 0.1) is 6.54 Å². The molecule has 0 atom stereocenters. The Labute approximate surface area is 131 Å². The zero-order valence-corrected chi connectivity index (χ0v) is 13.2. The fraction of sp³-hybridized carbons (Fsp3) is 0.375. The Hall–Kier alpha value is -2.34. The van der Waals surface area contributed by atoms with Gasteiger partial charge in [-0.25, -0.2) is 4.79 Å². The van der Waals surface area contributed by atoms with Gasteiger partial charge < -0.3 is 16.0 Å². The molecule has 1 aromatic rings. The Balaban J connectivity index is 2.49. The topological polar surface area (TPSA) is 73.5 Å². The summed E-state index contributed by atoms with van der Waals surface area (Å²) in [5.74, 6) is -0.0480. The number of rotatable bonds is 8. The van der Waals surface area contributed by atoms with Gasteiger partial charge >= 0.3 is 6.03 Å². The molecule has 0 aliphatic heterocycles. The van der Waals surface area contributed by atoms with Crippen LogP contribution < -0.4 is 16.0 Å². The van der Waals surface area contributed by atoms with Crippen LogP contribution in [0.4, 0.5) is 16.2 Å². The van der Waals surface area contributed by atoms with Gasteiger partial charge in [-0.15, -0.1) is 6.58 Å². The molecule has 6 nitrogen and oxygen atoms in total. The molecule has 0 saturated carbocycles. The van der Waals surface area contributed by atoms with Gasteiger partial charge in [-0.3, -0.25) is 9.69 Å². The lowest BCUT2D eigenvalue weighted by Crippen LogP contribution is -2.32. The van der Waals surface area contributed by atoms with Gasteiger partial charge in [-0.2, -0.15) is 0 Å². The number of hydrogen-bond acceptors (Lipinski definition) is 3. The molecule has 22 heavy (non-hydrogen) atoms. The summed E-state index contributed by atoms with van der Waals surface area (Å²) in [7, 11) is 0. The third kappa shape index (κ3) is 6.41. The largest absolute Gasteiger partial charge is 0.334 e. The Morgan fingerprint density at radius 1 is 1.09 bits per heavy atom. The molecule has 0 spiro atoms. The molecule has 3 amide bonds. The summed E-state index contributed by atoms with van der Waals surface area (Å²) in [5.41, 5.74) is 1.36. The zero-order chi connectivity index (χ0) is 16.4. The minimum atomic E-state index is -0.293. The predicted molar refractivity (Wildman–Crippen MR) is 90.1 cm³/mol. The van der Waals surface area contributed by atoms with Gasteiger partial charge in [0.2, 0.25) is 5.91 Å². The number of benzene rings is 1. The highest BCUT2D eigenvalue weighted by atomic mass is 16.2. The number of nitrogens with one attached hydrogen (secondary N) is 3. The molecule has 1 rings (SSSR count). The van der Waals surface area contributed by atoms with Gasteiger partial charge in [0.15, 0.2) is 0 Å². The highest BCUT2D eigenvalue weighted by Gasteiger charge is 2.07. The number of likely N-dealkylation sites (N-methyl/N-ethyl adjacent to an activating group) is 1. The number of carbonyl (C=O) groups is 2. The van der Waals surface area contributed by atoms with Crippen molar-refractivity contribution in [3.8, 4) is 0 Å². The van der Waals surface area contributed by atoms with Crippen LogP contribution in [-0.2, 0) is 4.79 Å². The maximum absolute atomic E-state index is 11.9. The molecular formula is C16H24N4O2. The van der Waals surface area contributed by atoms with Crippen LogP contribution in [-0.4, -0.2) is 43.0 Å². The van der Waals surface area contributed by atoms with Gasteiger partial charge in [0.1, 0.15) is 0 Å². The first-order valence-electron chi connectivity index (χ1n) is 7.37. The Kier molecular flexibility index (Phi) is 7.70. The average Bonchev–Trinajstić information content (AvgIpc) is 2.52. The molecule has 0 unspecified atom stereocenters. The summed E-state index contributed by atoms with van der Waals surface area (Å²) in [6, 6.07) is 6.69. The van der Waals surface area contributed by atoms with Gasteiger partial charge in [0, 0.05) is 17.9 Å². The molecule has 0 aromatic heterocycles. The first kappa shape index (κ1) is 17.7. The molecule has 0 aliphatic rings. The normalized spacial score (nSPS) is 10.1. The number of carbonyl (C=O) groups excluding carboxylic acids is 2. The van der Waals surface area contributed by atoms with Gasteiger partial charge in [-0.1, -0.05) is 19.9 Å². The second-order valence-corrected chi connectivity index (χ2v) is 4.71. The van der Waals surface area contributed by atoms with Crippen molar-refractivity contribution in [3.63, 3.8) is 0 Å². The van der Waals surface area contributed by atoms with Crippen molar-refractivity contribution in [2.24, 2.45) is 0 Å². The maximum Gasteiger partial charge on any atom is 0.319 e. The van der Waals surface area contributed by atoms with Crippen LogP contribution >= 0.6 is 0 Å². The third-order valence-corrected chi connectivity index (χ3v) is 3.10. The van der Waals surface area contributed by atoms with Crippen molar-refractivity contribution < 1.29 is 9.59 Å². The van der Waals surface area contributed by atoms with Crippen LogP contribution in [0.3, 0.4) is 0 Å². The lowest BCUT2D eigenvalue weighted by Gasteiger charge is -2.17. The summed E-state index contributed by atoms with van der Waals surface area (Å²) < 4.78 is 0. The van der Waals surface area contributed by atoms with Crippen molar-refractivity contribution in [2.45, 2.75) is 13.8 Å². The highest BCUT2D eigenvalue weighted by molar-refractivity contribution is 5.93. The quantitative estimate of drug-likeness (QED) is 0.645. The maximum atomic E-state index is 11.9. The minimum absolute atomic E-state index is 0.0480. The van der Waals surface area contributed by atoms with Crippen molar-refractivity contribution in [1.82, 2.24) is 10.2 Å². The molecule has 0 bridgehead atoms. The number of anilines is 2. The lowest BCUT2D eigenvalue weighted by molar-refractivity contribution is -0.117. The van der Waals surface area contributed by atoms with E-state index in [1.54, 1.807) is 30.3 Å². The SMILES string of the molecule is C=CCNC(=O)Nc1ccc(NC(=O)CN(CC)CC)cc1. The van der Waals surface area contributed by atoms with E-state index in [2.05, 4.69) is 22.5 Å². The number of urea groups is 1. The van der Waals surface area contributed by atoms with Crippen LogP contribution in [0.5, 0.6) is 0 Å². The van der Waals surface area contributed by atoms with Gasteiger partial charge in [-0.05, 0) is 37.4 Å². The monoisotopic (exact) mass is 304 g/mol. The van der Waals surface area contributed by atoms with Crippen molar-refractivity contribution in [2.75, 3.05) is 36.8 Å². The molecule has 0 heterocycles. The van der Waals surface area contributed by atoms with Gasteiger partial charge in [0.25, 0.3) is 0 Å². The molecule has 0 radical (unpaired) electrons. The highest BCUT2D eigenvalue weighted by Crippen LogP contribution is 2.13. The van der Waals surface area contributed by atoms with Crippen LogP contribution in [0.15, 0.2) is 36.9 Å². The Morgan fingerprint density at radius 3 is 2.14 bits per heavy atom. The fourth-order valence-electron chi connectivity index (χ4n) is 1.83. The summed E-state index contributed by atoms with van der Waals surface area (Å²) in [6.07, 6.45) is 1.61. The van der Waals surface area contributed by atoms with E-state index in [0.717, 1.165) is 13.1 Å². The zero-order valence-electron chi connectivity index (χ0n) is 13.2. The average molecular weight is 304 g/mol. The molecule has 120 valence electrons. The molecule has 0 fully saturated rings. The second kappa shape index (κ2) is 9.57. The summed E-state index contributed by atoms with van der Waals surface area (Å²) in [5, 5.41) is 8.14. The first-order chi connectivity index (χ1) is 10.6. The van der Waals surface area contributed by atoms with Crippen molar-refractivity contribution >= 4 is 23.3 Å². The van der Waals surface area contributed by atoms with Crippen molar-refractivity contribution in [1.29, 1.82) is 0 Å². The number of amides is 3. The van der Waals surface area contributed by atoms with Crippen LogP contribution in [0.25, 0.3) is 0 Å². The molecule has 0 saturated heterocycles. The number of nitrogens with zero attached hydrogens (tertiary/aromatic N) is 1. The van der Waals surface area contributed by atoms with Crippen LogP contribution in [0.1, 0.15) is 13.8 Å². The van der Waals surface area contributed by atoms with E-state index in [1.165, 1.54) is 0 Å². The third-order valence-electron chi connectivity index (χ3n) is 3.10. The van der Waals surface area contributed by atoms with E-state index >= 15 is 0 Å². The molecule has 1 aromatic carbocycles. The Morgan fingerprint density at radius 2 is 1.64 bits per heavy atom. The lowest BCUT2D eigenvalue weighted by atomic mass is 10.2. The second-order valence-electron chi connectivity index (χ2n) is 4.71. The Bertz CT molecular complexity index is 495.